The smallest absolute Gasteiger partial charge is 0.248 e. The topological polar surface area (TPSA) is 54.8 Å². The molecule has 19 heavy (non-hydrogen) atoms. The van der Waals surface area contributed by atoms with Gasteiger partial charge in [-0.05, 0) is 30.8 Å². The van der Waals surface area contributed by atoms with E-state index in [9.17, 15) is 0 Å². The van der Waals surface area contributed by atoms with Gasteiger partial charge >= 0.3 is 0 Å². The van der Waals surface area contributed by atoms with Gasteiger partial charge in [0.15, 0.2) is 5.11 Å². The van der Waals surface area contributed by atoms with Crippen LogP contribution in [-0.2, 0) is 6.54 Å². The fraction of sp³-hybridized carbons (Fsp3) is 0.250. The Kier molecular flexibility index (Phi) is 4.70. The zero-order chi connectivity index (χ0) is 13.7. The van der Waals surface area contributed by atoms with E-state index in [1.54, 1.807) is 11.0 Å². The first-order chi connectivity index (χ1) is 9.19. The van der Waals surface area contributed by atoms with Crippen LogP contribution in [0.4, 0.5) is 5.95 Å². The van der Waals surface area contributed by atoms with Gasteiger partial charge in [-0.2, -0.15) is 0 Å². The summed E-state index contributed by atoms with van der Waals surface area (Å²) in [5.41, 5.74) is 0.995. The lowest BCUT2D eigenvalue weighted by molar-refractivity contribution is 0.687. The van der Waals surface area contributed by atoms with Gasteiger partial charge in [-0.1, -0.05) is 29.8 Å². The fourth-order valence-corrected chi connectivity index (χ4v) is 1.97. The summed E-state index contributed by atoms with van der Waals surface area (Å²) < 4.78 is 1.71. The van der Waals surface area contributed by atoms with Crippen LogP contribution >= 0.6 is 23.8 Å². The van der Waals surface area contributed by atoms with Crippen LogP contribution in [0, 0.1) is 0 Å². The van der Waals surface area contributed by atoms with Crippen molar-refractivity contribution < 1.29 is 0 Å². The number of hydrogen-bond acceptors (Lipinski definition) is 3. The van der Waals surface area contributed by atoms with Crippen LogP contribution in [0.1, 0.15) is 12.5 Å². The third kappa shape index (κ3) is 3.90. The molecule has 0 unspecified atom stereocenters. The summed E-state index contributed by atoms with van der Waals surface area (Å²) in [6.45, 7) is 3.30. The molecule has 100 valence electrons. The molecule has 2 N–H and O–H groups in total. The highest BCUT2D eigenvalue weighted by Gasteiger charge is 2.05. The maximum atomic E-state index is 6.10. The maximum Gasteiger partial charge on any atom is 0.248 e. The molecule has 0 saturated carbocycles. The van der Waals surface area contributed by atoms with E-state index < -0.39 is 0 Å². The molecule has 0 atom stereocenters. The van der Waals surface area contributed by atoms with Gasteiger partial charge in [0.25, 0.3) is 0 Å². The summed E-state index contributed by atoms with van der Waals surface area (Å²) in [7, 11) is 0. The lowest BCUT2D eigenvalue weighted by atomic mass is 10.2. The zero-order valence-corrected chi connectivity index (χ0v) is 12.0. The number of aromatic nitrogens is 3. The summed E-state index contributed by atoms with van der Waals surface area (Å²) in [6, 6.07) is 7.65. The van der Waals surface area contributed by atoms with Gasteiger partial charge in [0.2, 0.25) is 5.95 Å². The molecule has 0 spiro atoms. The van der Waals surface area contributed by atoms with Gasteiger partial charge in [0.05, 0.1) is 6.54 Å². The van der Waals surface area contributed by atoms with Crippen molar-refractivity contribution in [2.45, 2.75) is 13.5 Å². The van der Waals surface area contributed by atoms with Crippen LogP contribution in [0.25, 0.3) is 0 Å². The number of nitrogens with one attached hydrogen (secondary N) is 2. The van der Waals surface area contributed by atoms with Crippen molar-refractivity contribution in [1.29, 1.82) is 0 Å². The van der Waals surface area contributed by atoms with Gasteiger partial charge in [0, 0.05) is 11.6 Å². The molecule has 1 aromatic carbocycles. The van der Waals surface area contributed by atoms with E-state index in [1.807, 2.05) is 31.2 Å². The van der Waals surface area contributed by atoms with Crippen LogP contribution < -0.4 is 10.6 Å². The van der Waals surface area contributed by atoms with Gasteiger partial charge in [-0.3, -0.25) is 5.32 Å². The van der Waals surface area contributed by atoms with Crippen LogP contribution in [0.2, 0.25) is 5.02 Å². The molecule has 2 rings (SSSR count). The lowest BCUT2D eigenvalue weighted by Crippen LogP contribution is -2.28. The van der Waals surface area contributed by atoms with Crippen molar-refractivity contribution in [3.63, 3.8) is 0 Å². The zero-order valence-electron chi connectivity index (χ0n) is 10.4. The summed E-state index contributed by atoms with van der Waals surface area (Å²) >= 11 is 11.2. The number of anilines is 1. The van der Waals surface area contributed by atoms with E-state index in [0.717, 1.165) is 17.1 Å². The van der Waals surface area contributed by atoms with Crippen LogP contribution in [0.3, 0.4) is 0 Å². The Balaban J connectivity index is 2.02. The van der Waals surface area contributed by atoms with Crippen LogP contribution in [-0.4, -0.2) is 26.4 Å². The second-order valence-electron chi connectivity index (χ2n) is 3.84. The molecule has 7 heteroatoms. The highest BCUT2D eigenvalue weighted by Crippen LogP contribution is 2.15. The molecule has 0 aliphatic rings. The van der Waals surface area contributed by atoms with E-state index in [1.165, 1.54) is 0 Å². The minimum atomic E-state index is 0.470. The predicted molar refractivity (Wildman–Crippen MR) is 80.5 cm³/mol. The molecule has 0 bridgehead atoms. The minimum Gasteiger partial charge on any atom is -0.363 e. The van der Waals surface area contributed by atoms with Crippen molar-refractivity contribution in [2.24, 2.45) is 0 Å². The van der Waals surface area contributed by atoms with Gasteiger partial charge < -0.3 is 5.32 Å². The minimum absolute atomic E-state index is 0.470. The SMILES string of the molecule is CCNC(=S)Nc1ncn(Cc2ccccc2Cl)n1. The Hall–Kier alpha value is -1.66. The van der Waals surface area contributed by atoms with Gasteiger partial charge in [-0.15, -0.1) is 5.10 Å². The Morgan fingerprint density at radius 3 is 2.95 bits per heavy atom. The molecule has 2 aromatic rings. The van der Waals surface area contributed by atoms with E-state index >= 15 is 0 Å². The molecule has 0 aliphatic carbocycles. The fourth-order valence-electron chi connectivity index (χ4n) is 1.54. The highest BCUT2D eigenvalue weighted by atomic mass is 35.5. The Morgan fingerprint density at radius 2 is 2.21 bits per heavy atom. The predicted octanol–water partition coefficient (Wildman–Crippen LogP) is 2.29. The standard InChI is InChI=1S/C12H14ClN5S/c1-2-14-12(19)16-11-15-8-18(17-11)7-9-5-3-4-6-10(9)13/h3-6,8H,2,7H2,1H3,(H2,14,16,17,19). The summed E-state index contributed by atoms with van der Waals surface area (Å²) in [4.78, 5) is 4.13. The Morgan fingerprint density at radius 1 is 1.42 bits per heavy atom. The highest BCUT2D eigenvalue weighted by molar-refractivity contribution is 7.80. The summed E-state index contributed by atoms with van der Waals surface area (Å²) in [5, 5.41) is 11.4. The monoisotopic (exact) mass is 295 g/mol. The second-order valence-corrected chi connectivity index (χ2v) is 4.66. The van der Waals surface area contributed by atoms with Crippen molar-refractivity contribution in [1.82, 2.24) is 20.1 Å². The summed E-state index contributed by atoms with van der Waals surface area (Å²) in [5.74, 6) is 0.470. The van der Waals surface area contributed by atoms with Crippen molar-refractivity contribution in [3.8, 4) is 0 Å². The first-order valence-corrected chi connectivity index (χ1v) is 6.65. The number of rotatable bonds is 4. The molecule has 0 radical (unpaired) electrons. The molecule has 1 aromatic heterocycles. The van der Waals surface area contributed by atoms with Crippen LogP contribution in [0.5, 0.6) is 0 Å². The van der Waals surface area contributed by atoms with Crippen molar-refractivity contribution in [3.05, 3.63) is 41.2 Å². The molecule has 0 saturated heterocycles. The van der Waals surface area contributed by atoms with E-state index in [0.29, 0.717) is 17.6 Å². The first kappa shape index (κ1) is 13.8. The average molecular weight is 296 g/mol. The molecule has 0 amide bonds. The van der Waals surface area contributed by atoms with Crippen molar-refractivity contribution in [2.75, 3.05) is 11.9 Å². The molecular weight excluding hydrogens is 282 g/mol. The van der Waals surface area contributed by atoms with Gasteiger partial charge in [-0.25, -0.2) is 9.67 Å². The Labute approximate surface area is 122 Å². The molecule has 0 fully saturated rings. The largest absolute Gasteiger partial charge is 0.363 e. The number of nitrogens with zero attached hydrogens (tertiary/aromatic N) is 3. The quantitative estimate of drug-likeness (QED) is 0.848. The number of benzene rings is 1. The number of halogens is 1. The van der Waals surface area contributed by atoms with E-state index in [-0.39, 0.29) is 0 Å². The Bertz CT molecular complexity index is 569. The third-order valence-electron chi connectivity index (χ3n) is 2.39. The van der Waals surface area contributed by atoms with E-state index in [2.05, 4.69) is 20.7 Å². The number of thiocarbonyl (C=S) groups is 1. The third-order valence-corrected chi connectivity index (χ3v) is 3.00. The van der Waals surface area contributed by atoms with E-state index in [4.69, 9.17) is 23.8 Å². The van der Waals surface area contributed by atoms with Gasteiger partial charge in [0.1, 0.15) is 6.33 Å². The second kappa shape index (κ2) is 6.49. The molecule has 5 nitrogen and oxygen atoms in total. The maximum absolute atomic E-state index is 6.10. The first-order valence-electron chi connectivity index (χ1n) is 5.86. The van der Waals surface area contributed by atoms with Crippen LogP contribution in [0.15, 0.2) is 30.6 Å². The average Bonchev–Trinajstić information content (AvgIpc) is 2.80. The van der Waals surface area contributed by atoms with Crippen molar-refractivity contribution >= 4 is 34.9 Å². The lowest BCUT2D eigenvalue weighted by Gasteiger charge is -2.05. The number of hydrogen-bond donors (Lipinski definition) is 2. The molecule has 1 heterocycles. The normalized spacial score (nSPS) is 10.2. The molecular formula is C12H14ClN5S. The molecule has 0 aliphatic heterocycles. The summed E-state index contributed by atoms with van der Waals surface area (Å²) in [6.07, 6.45) is 1.64.